The maximum Gasteiger partial charge on any atom is 0.338 e. The number of carbonyl (C=O) groups excluding carboxylic acids is 2. The Bertz CT molecular complexity index is 1290. The van der Waals surface area contributed by atoms with Gasteiger partial charge in [0.15, 0.2) is 11.5 Å². The van der Waals surface area contributed by atoms with Crippen LogP contribution in [-0.2, 0) is 9.53 Å². The fourth-order valence-electron chi connectivity index (χ4n) is 4.07. The lowest BCUT2D eigenvalue weighted by Gasteiger charge is -2.38. The summed E-state index contributed by atoms with van der Waals surface area (Å²) in [7, 11) is 5.61. The van der Waals surface area contributed by atoms with Crippen molar-refractivity contribution in [3.63, 3.8) is 0 Å². The Hall–Kier alpha value is -4.10. The minimum atomic E-state index is -0.942. The van der Waals surface area contributed by atoms with Crippen molar-refractivity contribution in [1.82, 2.24) is 4.90 Å². The van der Waals surface area contributed by atoms with Gasteiger partial charge in [-0.2, -0.15) is 5.26 Å². The molecule has 174 valence electrons. The van der Waals surface area contributed by atoms with Gasteiger partial charge in [0, 0.05) is 4.90 Å². The van der Waals surface area contributed by atoms with Gasteiger partial charge in [0.2, 0.25) is 5.75 Å². The van der Waals surface area contributed by atoms with Crippen LogP contribution in [0.4, 0.5) is 0 Å². The van der Waals surface area contributed by atoms with Crippen LogP contribution in [0.2, 0.25) is 0 Å². The number of fused-ring (bicyclic) bond motifs is 2. The van der Waals surface area contributed by atoms with E-state index in [1.54, 1.807) is 36.4 Å². The monoisotopic (exact) mass is 479 g/mol. The largest absolute Gasteiger partial charge is 0.493 e. The first-order valence-corrected chi connectivity index (χ1v) is 10.9. The molecule has 0 radical (unpaired) electrons. The molecule has 0 saturated heterocycles. The fourth-order valence-corrected chi connectivity index (χ4v) is 5.24. The molecule has 0 spiro atoms. The number of amides is 1. The highest BCUT2D eigenvalue weighted by atomic mass is 32.2. The molecule has 9 nitrogen and oxygen atoms in total. The Balaban J connectivity index is 2.03. The van der Waals surface area contributed by atoms with Gasteiger partial charge in [-0.15, -0.1) is 0 Å². The number of esters is 1. The molecular formula is C24H21N3O6S. The summed E-state index contributed by atoms with van der Waals surface area (Å²) in [6.07, 6.45) is 0. The standard InChI is InChI=1S/C24H21N3O6S/c1-30-15-9-12(10-16(31-2)20(15)32-3)18-14(11-25)23-27(21(26)19(18)24(29)33-4)22(28)13-7-5-6-8-17(13)34-23/h5-10,18H,26H2,1-4H3. The lowest BCUT2D eigenvalue weighted by atomic mass is 9.82. The molecule has 2 N–H and O–H groups in total. The zero-order chi connectivity index (χ0) is 24.6. The van der Waals surface area contributed by atoms with Gasteiger partial charge in [-0.3, -0.25) is 9.69 Å². The highest BCUT2D eigenvalue weighted by molar-refractivity contribution is 8.03. The van der Waals surface area contributed by atoms with Crippen molar-refractivity contribution >= 4 is 23.6 Å². The first-order chi connectivity index (χ1) is 16.4. The second kappa shape index (κ2) is 9.03. The smallest absolute Gasteiger partial charge is 0.338 e. The zero-order valence-electron chi connectivity index (χ0n) is 18.9. The van der Waals surface area contributed by atoms with Crippen molar-refractivity contribution in [3.05, 3.63) is 69.5 Å². The van der Waals surface area contributed by atoms with Gasteiger partial charge in [-0.1, -0.05) is 23.9 Å². The number of ether oxygens (including phenoxy) is 4. The summed E-state index contributed by atoms with van der Waals surface area (Å²) in [5.74, 6) is -1.22. The summed E-state index contributed by atoms with van der Waals surface area (Å²) in [5.41, 5.74) is 7.47. The summed E-state index contributed by atoms with van der Waals surface area (Å²) in [6.45, 7) is 0. The molecule has 0 aromatic heterocycles. The van der Waals surface area contributed by atoms with Crippen LogP contribution < -0.4 is 19.9 Å². The Morgan fingerprint density at radius 1 is 1.09 bits per heavy atom. The van der Waals surface area contributed by atoms with Gasteiger partial charge < -0.3 is 24.7 Å². The van der Waals surface area contributed by atoms with Crippen LogP contribution in [0.5, 0.6) is 17.2 Å². The highest BCUT2D eigenvalue weighted by Gasteiger charge is 2.44. The van der Waals surface area contributed by atoms with E-state index >= 15 is 0 Å². The van der Waals surface area contributed by atoms with Crippen molar-refractivity contribution in [2.45, 2.75) is 10.8 Å². The minimum Gasteiger partial charge on any atom is -0.493 e. The number of carbonyl (C=O) groups is 2. The molecule has 0 saturated carbocycles. The molecule has 34 heavy (non-hydrogen) atoms. The van der Waals surface area contributed by atoms with Crippen LogP contribution in [0.25, 0.3) is 0 Å². The number of benzene rings is 2. The second-order valence-electron chi connectivity index (χ2n) is 7.25. The Morgan fingerprint density at radius 3 is 2.29 bits per heavy atom. The Kier molecular flexibility index (Phi) is 6.13. The topological polar surface area (TPSA) is 124 Å². The van der Waals surface area contributed by atoms with E-state index in [1.807, 2.05) is 0 Å². The van der Waals surface area contributed by atoms with Gasteiger partial charge in [-0.05, 0) is 29.8 Å². The number of nitriles is 1. The molecular weight excluding hydrogens is 458 g/mol. The summed E-state index contributed by atoms with van der Waals surface area (Å²) in [6, 6.07) is 12.5. The van der Waals surface area contributed by atoms with E-state index < -0.39 is 17.8 Å². The molecule has 10 heteroatoms. The van der Waals surface area contributed by atoms with Crippen LogP contribution in [0, 0.1) is 11.3 Å². The van der Waals surface area contributed by atoms with Crippen LogP contribution in [0.1, 0.15) is 21.8 Å². The minimum absolute atomic E-state index is 0.0367. The third-order valence-electron chi connectivity index (χ3n) is 5.60. The molecule has 2 heterocycles. The van der Waals surface area contributed by atoms with E-state index in [2.05, 4.69) is 6.07 Å². The molecule has 1 atom stereocenters. The Morgan fingerprint density at radius 2 is 1.74 bits per heavy atom. The first-order valence-electron chi connectivity index (χ1n) is 10.0. The molecule has 0 aliphatic carbocycles. The van der Waals surface area contributed by atoms with E-state index in [9.17, 15) is 14.9 Å². The van der Waals surface area contributed by atoms with Gasteiger partial charge in [0.1, 0.15) is 10.9 Å². The van der Waals surface area contributed by atoms with Crippen LogP contribution in [0.3, 0.4) is 0 Å². The third kappa shape index (κ3) is 3.41. The number of nitrogens with two attached hydrogens (primary N) is 1. The Labute approximate surface area is 200 Å². The molecule has 4 rings (SSSR count). The average molecular weight is 480 g/mol. The lowest BCUT2D eigenvalue weighted by molar-refractivity contribution is -0.136. The number of hydrogen-bond acceptors (Lipinski definition) is 9. The maximum atomic E-state index is 13.4. The van der Waals surface area contributed by atoms with E-state index in [1.165, 1.54) is 45.1 Å². The van der Waals surface area contributed by atoms with Gasteiger partial charge >= 0.3 is 5.97 Å². The van der Waals surface area contributed by atoms with E-state index in [-0.39, 0.29) is 17.0 Å². The molecule has 2 aromatic carbocycles. The van der Waals surface area contributed by atoms with Crippen LogP contribution in [0.15, 0.2) is 63.3 Å². The summed E-state index contributed by atoms with van der Waals surface area (Å²) in [4.78, 5) is 28.2. The molecule has 0 fully saturated rings. The number of methoxy groups -OCH3 is 4. The number of nitrogens with zero attached hydrogens (tertiary/aromatic N) is 2. The molecule has 2 aliphatic heterocycles. The zero-order valence-corrected chi connectivity index (χ0v) is 19.7. The van der Waals surface area contributed by atoms with Crippen LogP contribution in [-0.4, -0.2) is 45.2 Å². The van der Waals surface area contributed by atoms with E-state index in [0.29, 0.717) is 38.3 Å². The predicted molar refractivity (Wildman–Crippen MR) is 123 cm³/mol. The number of allylic oxidation sites excluding steroid dienone is 1. The quantitative estimate of drug-likeness (QED) is 0.644. The van der Waals surface area contributed by atoms with Gasteiger partial charge in [-0.25, -0.2) is 4.79 Å². The van der Waals surface area contributed by atoms with Crippen molar-refractivity contribution in [2.24, 2.45) is 5.73 Å². The normalized spacial score (nSPS) is 17.0. The molecule has 2 aliphatic rings. The first kappa shape index (κ1) is 23.1. The average Bonchev–Trinajstić information content (AvgIpc) is 2.87. The highest BCUT2D eigenvalue weighted by Crippen LogP contribution is 2.51. The summed E-state index contributed by atoms with van der Waals surface area (Å²) >= 11 is 1.24. The van der Waals surface area contributed by atoms with Crippen molar-refractivity contribution in [2.75, 3.05) is 28.4 Å². The van der Waals surface area contributed by atoms with E-state index in [4.69, 9.17) is 24.7 Å². The SMILES string of the molecule is COC(=O)C1=C(N)N2C(=O)c3ccccc3SC2=C(C#N)C1c1cc(OC)c(OC)c(OC)c1. The summed E-state index contributed by atoms with van der Waals surface area (Å²) in [5, 5.41) is 10.6. The summed E-state index contributed by atoms with van der Waals surface area (Å²) < 4.78 is 21.3. The number of thioether (sulfide) groups is 1. The fraction of sp³-hybridized carbons (Fsp3) is 0.208. The second-order valence-corrected chi connectivity index (χ2v) is 8.28. The predicted octanol–water partition coefficient (Wildman–Crippen LogP) is 3.14. The van der Waals surface area contributed by atoms with Crippen molar-refractivity contribution < 1.29 is 28.5 Å². The van der Waals surface area contributed by atoms with Crippen LogP contribution >= 0.6 is 11.8 Å². The van der Waals surface area contributed by atoms with Gasteiger partial charge in [0.05, 0.1) is 57.1 Å². The molecule has 2 aromatic rings. The molecule has 0 bridgehead atoms. The van der Waals surface area contributed by atoms with Crippen molar-refractivity contribution in [1.29, 1.82) is 5.26 Å². The third-order valence-corrected chi connectivity index (χ3v) is 6.77. The van der Waals surface area contributed by atoms with Crippen molar-refractivity contribution in [3.8, 4) is 23.3 Å². The molecule has 1 amide bonds. The maximum absolute atomic E-state index is 13.4. The lowest BCUT2D eigenvalue weighted by Crippen LogP contribution is -2.42. The number of rotatable bonds is 5. The molecule has 1 unspecified atom stereocenters. The van der Waals surface area contributed by atoms with E-state index in [0.717, 1.165) is 0 Å². The number of hydrogen-bond donors (Lipinski definition) is 1. The van der Waals surface area contributed by atoms with Gasteiger partial charge in [0.25, 0.3) is 5.91 Å².